The molecule has 0 aromatic heterocycles. The van der Waals surface area contributed by atoms with E-state index in [9.17, 15) is 14.7 Å². The van der Waals surface area contributed by atoms with Crippen LogP contribution in [0.5, 0.6) is 11.5 Å². The Kier molecular flexibility index (Phi) is 9.25. The number of carboxylic acids is 1. The number of carboxylic acid groups (broad SMARTS) is 1. The summed E-state index contributed by atoms with van der Waals surface area (Å²) in [5.74, 6) is 0.438. The molecule has 0 spiro atoms. The summed E-state index contributed by atoms with van der Waals surface area (Å²) in [5.41, 5.74) is 1.20. The molecular weight excluding hydrogens is 524 g/mol. The number of ether oxygens (including phenoxy) is 4. The van der Waals surface area contributed by atoms with Crippen molar-refractivity contribution in [2.24, 2.45) is 0 Å². The van der Waals surface area contributed by atoms with E-state index in [2.05, 4.69) is 5.32 Å². The van der Waals surface area contributed by atoms with E-state index in [1.54, 1.807) is 19.1 Å². The van der Waals surface area contributed by atoms with Crippen LogP contribution >= 0.6 is 11.6 Å². The van der Waals surface area contributed by atoms with Crippen molar-refractivity contribution in [2.45, 2.75) is 62.8 Å². The monoisotopic (exact) mass is 560 g/mol. The van der Waals surface area contributed by atoms with Crippen molar-refractivity contribution in [3.8, 4) is 11.5 Å². The largest absolute Gasteiger partial charge is 0.496 e. The number of hydrogen-bond donors (Lipinski definition) is 2. The quantitative estimate of drug-likeness (QED) is 0.326. The van der Waals surface area contributed by atoms with E-state index in [0.717, 1.165) is 24.0 Å². The van der Waals surface area contributed by atoms with Crippen LogP contribution in [-0.2, 0) is 20.9 Å². The third-order valence-corrected chi connectivity index (χ3v) is 8.06. The molecule has 2 N–H and O–H groups in total. The molecule has 10 heteroatoms. The molecule has 4 rings (SSSR count). The summed E-state index contributed by atoms with van der Waals surface area (Å²) in [4.78, 5) is 27.4. The van der Waals surface area contributed by atoms with Crippen LogP contribution in [0.1, 0.15) is 61.3 Å². The van der Waals surface area contributed by atoms with Gasteiger partial charge in [-0.1, -0.05) is 41.9 Å². The number of amides is 2. The van der Waals surface area contributed by atoms with Gasteiger partial charge in [0, 0.05) is 37.6 Å². The molecule has 1 atom stereocenters. The smallest absolute Gasteiger partial charge is 0.329 e. The molecule has 0 heterocycles. The van der Waals surface area contributed by atoms with Crippen LogP contribution < -0.4 is 14.8 Å². The van der Waals surface area contributed by atoms with Gasteiger partial charge in [0.05, 0.1) is 44.6 Å². The maximum absolute atomic E-state index is 13.7. The zero-order valence-corrected chi connectivity index (χ0v) is 23.6. The molecule has 2 aromatic rings. The first-order valence-corrected chi connectivity index (χ1v) is 13.5. The third kappa shape index (κ3) is 6.26. The second-order valence-corrected chi connectivity index (χ2v) is 10.6. The molecule has 212 valence electrons. The Labute approximate surface area is 234 Å². The summed E-state index contributed by atoms with van der Waals surface area (Å²) in [7, 11) is 4.71. The fourth-order valence-corrected chi connectivity index (χ4v) is 5.52. The van der Waals surface area contributed by atoms with Crippen molar-refractivity contribution in [1.29, 1.82) is 0 Å². The number of urea groups is 1. The van der Waals surface area contributed by atoms with Crippen LogP contribution in [0.4, 0.5) is 4.79 Å². The van der Waals surface area contributed by atoms with Gasteiger partial charge in [-0.3, -0.25) is 0 Å². The molecule has 2 aliphatic carbocycles. The number of carbonyl (C=O) groups excluding carboxylic acids is 1. The maximum Gasteiger partial charge on any atom is 0.329 e. The first kappa shape index (κ1) is 29.0. The first-order chi connectivity index (χ1) is 18.7. The molecular formula is C29H37ClN2O7. The number of nitrogens with one attached hydrogen (secondary N) is 1. The van der Waals surface area contributed by atoms with Crippen molar-refractivity contribution >= 4 is 23.6 Å². The van der Waals surface area contributed by atoms with E-state index in [0.29, 0.717) is 34.6 Å². The van der Waals surface area contributed by atoms with Crippen molar-refractivity contribution < 1.29 is 33.6 Å². The van der Waals surface area contributed by atoms with Crippen LogP contribution in [0, 0.1) is 0 Å². The van der Waals surface area contributed by atoms with Gasteiger partial charge < -0.3 is 34.3 Å². The van der Waals surface area contributed by atoms with E-state index in [4.69, 9.17) is 30.5 Å². The highest BCUT2D eigenvalue weighted by atomic mass is 35.5. The van der Waals surface area contributed by atoms with Gasteiger partial charge in [0.1, 0.15) is 17.0 Å². The van der Waals surface area contributed by atoms with Crippen molar-refractivity contribution in [1.82, 2.24) is 10.2 Å². The number of hydrogen-bond acceptors (Lipinski definition) is 6. The number of nitrogens with zero attached hydrogens (tertiary/aromatic N) is 1. The minimum Gasteiger partial charge on any atom is -0.496 e. The summed E-state index contributed by atoms with van der Waals surface area (Å²) < 4.78 is 22.6. The predicted octanol–water partition coefficient (Wildman–Crippen LogP) is 5.16. The van der Waals surface area contributed by atoms with Gasteiger partial charge >= 0.3 is 12.0 Å². The minimum absolute atomic E-state index is 0.190. The van der Waals surface area contributed by atoms with Gasteiger partial charge in [-0.2, -0.15) is 0 Å². The van der Waals surface area contributed by atoms with Gasteiger partial charge in [0.2, 0.25) is 0 Å². The molecule has 39 heavy (non-hydrogen) atoms. The van der Waals surface area contributed by atoms with Crippen molar-refractivity contribution in [3.05, 3.63) is 58.1 Å². The van der Waals surface area contributed by atoms with Crippen LogP contribution in [0.15, 0.2) is 36.4 Å². The lowest BCUT2D eigenvalue weighted by molar-refractivity contribution is -0.155. The van der Waals surface area contributed by atoms with E-state index < -0.39 is 23.6 Å². The number of halogens is 1. The molecule has 2 fully saturated rings. The number of carbonyl (C=O) groups is 2. The van der Waals surface area contributed by atoms with Crippen molar-refractivity contribution in [2.75, 3.05) is 34.5 Å². The molecule has 2 aromatic carbocycles. The topological polar surface area (TPSA) is 107 Å². The van der Waals surface area contributed by atoms with E-state index in [1.807, 2.05) is 43.3 Å². The Morgan fingerprint density at radius 3 is 2.41 bits per heavy atom. The zero-order chi connectivity index (χ0) is 28.2. The Bertz CT molecular complexity index is 1170. The van der Waals surface area contributed by atoms with Crippen LogP contribution in [-0.4, -0.2) is 68.1 Å². The highest BCUT2D eigenvalue weighted by Gasteiger charge is 2.52. The molecule has 0 saturated heterocycles. The normalized spacial score (nSPS) is 21.0. The molecule has 0 radical (unpaired) electrons. The number of aliphatic carboxylic acids is 1. The van der Waals surface area contributed by atoms with Gasteiger partial charge in [0.15, 0.2) is 0 Å². The van der Waals surface area contributed by atoms with Gasteiger partial charge in [-0.15, -0.1) is 0 Å². The number of benzene rings is 2. The lowest BCUT2D eigenvalue weighted by Gasteiger charge is -2.45. The van der Waals surface area contributed by atoms with E-state index in [-0.39, 0.29) is 32.1 Å². The van der Waals surface area contributed by atoms with E-state index in [1.165, 1.54) is 7.11 Å². The lowest BCUT2D eigenvalue weighted by atomic mass is 9.74. The lowest BCUT2D eigenvalue weighted by Crippen LogP contribution is -2.66. The fourth-order valence-electron chi connectivity index (χ4n) is 5.13. The average molecular weight is 561 g/mol. The second-order valence-electron chi connectivity index (χ2n) is 10.2. The summed E-state index contributed by atoms with van der Waals surface area (Å²) in [6.45, 7) is 2.67. The fraction of sp³-hybridized carbons (Fsp3) is 0.517. The standard InChI is InChI=1S/C29H37ClN2O7/c1-18(22-14-23(37-3)24(20-10-11-20)26(38-4)25(22)30)32(12-13-39-17-19-8-6-5-7-9-19)28(35)31-29(27(33)34)15-21(16-29)36-2/h5-9,14,18,20-21H,10-13,15-17H2,1-4H3,(H,31,35)(H,33,34). The molecule has 2 amide bonds. The molecule has 0 aliphatic heterocycles. The van der Waals surface area contributed by atoms with Gasteiger partial charge in [-0.25, -0.2) is 9.59 Å². The maximum atomic E-state index is 13.7. The number of rotatable bonds is 13. The molecule has 1 unspecified atom stereocenters. The van der Waals surface area contributed by atoms with E-state index >= 15 is 0 Å². The minimum atomic E-state index is -1.39. The van der Waals surface area contributed by atoms with Crippen molar-refractivity contribution in [3.63, 3.8) is 0 Å². The predicted molar refractivity (Wildman–Crippen MR) is 147 cm³/mol. The Morgan fingerprint density at radius 1 is 1.15 bits per heavy atom. The van der Waals surface area contributed by atoms with Gasteiger partial charge in [-0.05, 0) is 37.3 Å². The molecule has 2 saturated carbocycles. The molecule has 9 nitrogen and oxygen atoms in total. The Balaban J connectivity index is 1.59. The summed E-state index contributed by atoms with van der Waals surface area (Å²) in [5, 5.41) is 13.1. The summed E-state index contributed by atoms with van der Waals surface area (Å²) in [6.07, 6.45) is 2.22. The van der Waals surface area contributed by atoms with Crippen LogP contribution in [0.25, 0.3) is 0 Å². The summed E-state index contributed by atoms with van der Waals surface area (Å²) >= 11 is 6.88. The second kappa shape index (κ2) is 12.4. The molecule has 0 bridgehead atoms. The average Bonchev–Trinajstić information content (AvgIpc) is 3.75. The Morgan fingerprint density at radius 2 is 1.85 bits per heavy atom. The van der Waals surface area contributed by atoms with Crippen LogP contribution in [0.3, 0.4) is 0 Å². The highest BCUT2D eigenvalue weighted by molar-refractivity contribution is 6.33. The van der Waals surface area contributed by atoms with Gasteiger partial charge in [0.25, 0.3) is 0 Å². The zero-order valence-electron chi connectivity index (χ0n) is 22.9. The first-order valence-electron chi connectivity index (χ1n) is 13.2. The third-order valence-electron chi connectivity index (χ3n) is 7.67. The number of methoxy groups -OCH3 is 3. The summed E-state index contributed by atoms with van der Waals surface area (Å²) in [6, 6.07) is 10.5. The SMILES string of the molecule is COc1cc(C(C)N(CCOCc2ccccc2)C(=O)NC2(C(=O)O)CC(OC)C2)c(Cl)c(OC)c1C1CC1. The highest BCUT2D eigenvalue weighted by Crippen LogP contribution is 2.53. The molecule has 2 aliphatic rings. The Hall–Kier alpha value is -3.01. The van der Waals surface area contributed by atoms with Crippen LogP contribution in [0.2, 0.25) is 5.02 Å².